The van der Waals surface area contributed by atoms with Crippen molar-refractivity contribution in [1.82, 2.24) is 0 Å². The molecule has 4 heteroatoms. The second kappa shape index (κ2) is 4.37. The van der Waals surface area contributed by atoms with Gasteiger partial charge < -0.3 is 14.2 Å². The first kappa shape index (κ1) is 10.6. The molecule has 0 N–H and O–H groups in total. The summed E-state index contributed by atoms with van der Waals surface area (Å²) < 4.78 is 16.3. The normalized spacial score (nSPS) is 23.1. The van der Waals surface area contributed by atoms with Crippen LogP contribution in [-0.4, -0.2) is 18.9 Å². The van der Waals surface area contributed by atoms with Crippen LogP contribution in [0.4, 0.5) is 0 Å². The highest BCUT2D eigenvalue weighted by molar-refractivity contribution is 5.81. The quantitative estimate of drug-likeness (QED) is 0.580. The van der Waals surface area contributed by atoms with E-state index in [0.717, 1.165) is 37.2 Å². The van der Waals surface area contributed by atoms with Gasteiger partial charge in [0.05, 0.1) is 13.0 Å². The van der Waals surface area contributed by atoms with Crippen LogP contribution < -0.4 is 9.47 Å². The Labute approximate surface area is 99.5 Å². The minimum Gasteiger partial charge on any atom is -0.465 e. The van der Waals surface area contributed by atoms with Crippen LogP contribution in [0.3, 0.4) is 0 Å². The summed E-state index contributed by atoms with van der Waals surface area (Å²) in [6.07, 6.45) is 3.34. The lowest BCUT2D eigenvalue weighted by Gasteiger charge is -2.23. The van der Waals surface area contributed by atoms with E-state index in [4.69, 9.17) is 14.2 Å². The van der Waals surface area contributed by atoms with Crippen molar-refractivity contribution in [1.29, 1.82) is 0 Å². The molecular weight excluding hydrogens is 220 g/mol. The first-order chi connectivity index (χ1) is 8.31. The predicted molar refractivity (Wildman–Crippen MR) is 60.0 cm³/mol. The van der Waals surface area contributed by atoms with Crippen molar-refractivity contribution in [3.05, 3.63) is 23.8 Å². The minimum absolute atomic E-state index is 0.153. The summed E-state index contributed by atoms with van der Waals surface area (Å²) in [5.74, 6) is 1.19. The van der Waals surface area contributed by atoms with Crippen LogP contribution in [0.15, 0.2) is 18.2 Å². The molecule has 1 aromatic carbocycles. The smallest absolute Gasteiger partial charge is 0.315 e. The second-order valence-electron chi connectivity index (χ2n) is 4.33. The van der Waals surface area contributed by atoms with Crippen molar-refractivity contribution < 1.29 is 19.0 Å². The molecular formula is C13H14O4. The topological polar surface area (TPSA) is 44.8 Å². The highest BCUT2D eigenvalue weighted by Gasteiger charge is 2.22. The monoisotopic (exact) mass is 234 g/mol. The van der Waals surface area contributed by atoms with Crippen molar-refractivity contribution >= 4 is 5.97 Å². The molecule has 1 atom stereocenters. The van der Waals surface area contributed by atoms with Crippen LogP contribution >= 0.6 is 0 Å². The van der Waals surface area contributed by atoms with Gasteiger partial charge in [0.25, 0.3) is 0 Å². The Bertz CT molecular complexity index is 435. The Kier molecular flexibility index (Phi) is 2.73. The number of carbonyl (C=O) groups excluding carboxylic acids is 1. The van der Waals surface area contributed by atoms with Gasteiger partial charge in [-0.3, -0.25) is 4.79 Å². The van der Waals surface area contributed by atoms with Gasteiger partial charge in [0.2, 0.25) is 0 Å². The molecule has 1 saturated heterocycles. The van der Waals surface area contributed by atoms with Gasteiger partial charge in [0.1, 0.15) is 11.5 Å². The van der Waals surface area contributed by atoms with Gasteiger partial charge >= 0.3 is 5.97 Å². The lowest BCUT2D eigenvalue weighted by atomic mass is 10.1. The Morgan fingerprint density at radius 1 is 1.29 bits per heavy atom. The number of esters is 1. The van der Waals surface area contributed by atoms with Gasteiger partial charge in [-0.05, 0) is 31.0 Å². The molecule has 17 heavy (non-hydrogen) atoms. The van der Waals surface area contributed by atoms with Gasteiger partial charge in [-0.1, -0.05) is 0 Å². The molecule has 0 aliphatic carbocycles. The summed E-state index contributed by atoms with van der Waals surface area (Å²) in [7, 11) is 0. The van der Waals surface area contributed by atoms with Crippen LogP contribution in [0.1, 0.15) is 24.8 Å². The number of rotatable bonds is 2. The van der Waals surface area contributed by atoms with Crippen LogP contribution in [0.25, 0.3) is 0 Å². The van der Waals surface area contributed by atoms with Crippen molar-refractivity contribution in [3.8, 4) is 11.5 Å². The standard InChI is InChI=1S/C13H14O4/c14-12-8-9-7-10(4-5-11(9)17-12)16-13-3-1-2-6-15-13/h4-5,7,13H,1-3,6,8H2. The number of carbonyl (C=O) groups is 1. The van der Waals surface area contributed by atoms with E-state index < -0.39 is 0 Å². The van der Waals surface area contributed by atoms with Crippen LogP contribution in [0.5, 0.6) is 11.5 Å². The third kappa shape index (κ3) is 2.26. The Morgan fingerprint density at radius 3 is 3.06 bits per heavy atom. The molecule has 0 amide bonds. The zero-order valence-corrected chi connectivity index (χ0v) is 9.48. The molecule has 1 unspecified atom stereocenters. The van der Waals surface area contributed by atoms with Crippen molar-refractivity contribution in [2.45, 2.75) is 32.0 Å². The van der Waals surface area contributed by atoms with Crippen LogP contribution in [0, 0.1) is 0 Å². The maximum absolute atomic E-state index is 11.1. The van der Waals surface area contributed by atoms with E-state index in [2.05, 4.69) is 0 Å². The zero-order chi connectivity index (χ0) is 11.7. The van der Waals surface area contributed by atoms with Crippen molar-refractivity contribution in [2.75, 3.05) is 6.61 Å². The zero-order valence-electron chi connectivity index (χ0n) is 9.48. The van der Waals surface area contributed by atoms with Gasteiger partial charge in [-0.25, -0.2) is 0 Å². The molecule has 0 spiro atoms. The molecule has 90 valence electrons. The first-order valence-corrected chi connectivity index (χ1v) is 5.93. The molecule has 3 rings (SSSR count). The number of ether oxygens (including phenoxy) is 3. The number of benzene rings is 1. The lowest BCUT2D eigenvalue weighted by Crippen LogP contribution is -2.24. The number of fused-ring (bicyclic) bond motifs is 1. The average molecular weight is 234 g/mol. The minimum atomic E-state index is -0.203. The SMILES string of the molecule is O=C1Cc2cc(OC3CCCCO3)ccc2O1. The fourth-order valence-electron chi connectivity index (χ4n) is 2.14. The van der Waals surface area contributed by atoms with Crippen LogP contribution in [-0.2, 0) is 16.0 Å². The summed E-state index contributed by atoms with van der Waals surface area (Å²) in [6, 6.07) is 5.45. The Morgan fingerprint density at radius 2 is 2.24 bits per heavy atom. The van der Waals surface area contributed by atoms with Crippen molar-refractivity contribution in [2.24, 2.45) is 0 Å². The van der Waals surface area contributed by atoms with E-state index in [1.54, 1.807) is 6.07 Å². The van der Waals surface area contributed by atoms with Gasteiger partial charge in [-0.15, -0.1) is 0 Å². The average Bonchev–Trinajstić information content (AvgIpc) is 2.70. The third-order valence-electron chi connectivity index (χ3n) is 3.00. The maximum Gasteiger partial charge on any atom is 0.315 e. The third-order valence-corrected chi connectivity index (χ3v) is 3.00. The molecule has 2 heterocycles. The molecule has 1 fully saturated rings. The summed E-state index contributed by atoms with van der Waals surface area (Å²) in [6.45, 7) is 0.761. The second-order valence-corrected chi connectivity index (χ2v) is 4.33. The molecule has 0 bridgehead atoms. The highest BCUT2D eigenvalue weighted by atomic mass is 16.7. The molecule has 1 aromatic rings. The fraction of sp³-hybridized carbons (Fsp3) is 0.462. The highest BCUT2D eigenvalue weighted by Crippen LogP contribution is 2.30. The lowest BCUT2D eigenvalue weighted by molar-refractivity contribution is -0.131. The van der Waals surface area contributed by atoms with E-state index in [9.17, 15) is 4.79 Å². The number of hydrogen-bond donors (Lipinski definition) is 0. The molecule has 0 radical (unpaired) electrons. The first-order valence-electron chi connectivity index (χ1n) is 5.93. The van der Waals surface area contributed by atoms with E-state index in [1.807, 2.05) is 12.1 Å². The van der Waals surface area contributed by atoms with E-state index in [-0.39, 0.29) is 12.3 Å². The summed E-state index contributed by atoms with van der Waals surface area (Å²) in [4.78, 5) is 11.1. The summed E-state index contributed by atoms with van der Waals surface area (Å²) in [5.41, 5.74) is 0.892. The maximum atomic E-state index is 11.1. The van der Waals surface area contributed by atoms with Crippen molar-refractivity contribution in [3.63, 3.8) is 0 Å². The Balaban J connectivity index is 1.72. The van der Waals surface area contributed by atoms with Gasteiger partial charge in [0, 0.05) is 12.0 Å². The molecule has 4 nitrogen and oxygen atoms in total. The molecule has 0 aromatic heterocycles. The van der Waals surface area contributed by atoms with Crippen LogP contribution in [0.2, 0.25) is 0 Å². The summed E-state index contributed by atoms with van der Waals surface area (Å²) in [5, 5.41) is 0. The molecule has 2 aliphatic rings. The van der Waals surface area contributed by atoms with E-state index in [0.29, 0.717) is 12.2 Å². The van der Waals surface area contributed by atoms with E-state index in [1.165, 1.54) is 0 Å². The molecule has 2 aliphatic heterocycles. The van der Waals surface area contributed by atoms with E-state index >= 15 is 0 Å². The fourth-order valence-corrected chi connectivity index (χ4v) is 2.14. The van der Waals surface area contributed by atoms with Gasteiger partial charge in [0.15, 0.2) is 6.29 Å². The molecule has 0 saturated carbocycles. The largest absolute Gasteiger partial charge is 0.465 e. The van der Waals surface area contributed by atoms with Gasteiger partial charge in [-0.2, -0.15) is 0 Å². The Hall–Kier alpha value is -1.55. The predicted octanol–water partition coefficient (Wildman–Crippen LogP) is 2.05. The number of hydrogen-bond acceptors (Lipinski definition) is 4. The summed E-state index contributed by atoms with van der Waals surface area (Å²) >= 11 is 0.